The molecule has 2 nitrogen and oxygen atoms in total. The lowest BCUT2D eigenvalue weighted by Gasteiger charge is -2.35. The molecule has 3 rings (SSSR count). The fourth-order valence-electron chi connectivity index (χ4n) is 3.45. The highest BCUT2D eigenvalue weighted by atomic mass is 79.9. The molecule has 0 aromatic heterocycles. The Kier molecular flexibility index (Phi) is 3.92. The monoisotopic (exact) mass is 326 g/mol. The van der Waals surface area contributed by atoms with Crippen molar-refractivity contribution < 1.29 is 4.39 Å². The van der Waals surface area contributed by atoms with Crippen LogP contribution in [0, 0.1) is 5.82 Å². The zero-order valence-electron chi connectivity index (χ0n) is 11.2. The van der Waals surface area contributed by atoms with Crippen LogP contribution in [0.25, 0.3) is 0 Å². The van der Waals surface area contributed by atoms with Gasteiger partial charge in [-0.3, -0.25) is 4.90 Å². The molecule has 2 atom stereocenters. The van der Waals surface area contributed by atoms with E-state index in [-0.39, 0.29) is 5.82 Å². The number of hydrogen-bond acceptors (Lipinski definition) is 2. The second-order valence-electron chi connectivity index (χ2n) is 5.88. The molecule has 1 N–H and O–H groups in total. The van der Waals surface area contributed by atoms with E-state index in [1.807, 2.05) is 6.07 Å². The van der Waals surface area contributed by atoms with E-state index in [1.165, 1.54) is 25.7 Å². The summed E-state index contributed by atoms with van der Waals surface area (Å²) in [5.41, 5.74) is 0.774. The molecule has 2 unspecified atom stereocenters. The van der Waals surface area contributed by atoms with Crippen molar-refractivity contribution in [2.45, 2.75) is 50.4 Å². The number of benzene rings is 1. The van der Waals surface area contributed by atoms with E-state index in [9.17, 15) is 4.39 Å². The zero-order valence-corrected chi connectivity index (χ0v) is 12.8. The minimum Gasteiger partial charge on any atom is -0.311 e. The van der Waals surface area contributed by atoms with Crippen LogP contribution in [0.1, 0.15) is 31.2 Å². The number of halogens is 2. The van der Waals surface area contributed by atoms with Gasteiger partial charge in [-0.1, -0.05) is 22.0 Å². The van der Waals surface area contributed by atoms with Crippen LogP contribution < -0.4 is 5.32 Å². The van der Waals surface area contributed by atoms with Gasteiger partial charge in [0.2, 0.25) is 0 Å². The molecule has 2 bridgehead atoms. The molecular weight excluding hydrogens is 307 g/mol. The molecule has 19 heavy (non-hydrogen) atoms. The lowest BCUT2D eigenvalue weighted by Crippen LogP contribution is -2.46. The summed E-state index contributed by atoms with van der Waals surface area (Å²) in [6, 6.07) is 7.13. The molecule has 104 valence electrons. The third-order valence-corrected chi connectivity index (χ3v) is 5.28. The summed E-state index contributed by atoms with van der Waals surface area (Å²) in [4.78, 5) is 2.31. The van der Waals surface area contributed by atoms with Gasteiger partial charge >= 0.3 is 0 Å². The van der Waals surface area contributed by atoms with E-state index in [2.05, 4.69) is 33.2 Å². The lowest BCUT2D eigenvalue weighted by molar-refractivity contribution is 0.164. The van der Waals surface area contributed by atoms with Gasteiger partial charge in [-0.15, -0.1) is 0 Å². The van der Waals surface area contributed by atoms with Gasteiger partial charge in [-0.05, 0) is 44.9 Å². The predicted octanol–water partition coefficient (Wildman–Crippen LogP) is 3.30. The third kappa shape index (κ3) is 2.86. The highest BCUT2D eigenvalue weighted by Crippen LogP contribution is 2.30. The first-order valence-electron chi connectivity index (χ1n) is 7.02. The molecule has 2 aliphatic rings. The van der Waals surface area contributed by atoms with Crippen molar-refractivity contribution in [3.8, 4) is 0 Å². The van der Waals surface area contributed by atoms with Crippen molar-refractivity contribution in [1.29, 1.82) is 0 Å². The van der Waals surface area contributed by atoms with Crippen LogP contribution in [0.3, 0.4) is 0 Å². The Balaban J connectivity index is 1.69. The van der Waals surface area contributed by atoms with Gasteiger partial charge < -0.3 is 5.32 Å². The van der Waals surface area contributed by atoms with Gasteiger partial charge in [0, 0.05) is 34.7 Å². The van der Waals surface area contributed by atoms with Crippen LogP contribution in [0.4, 0.5) is 4.39 Å². The van der Waals surface area contributed by atoms with E-state index < -0.39 is 0 Å². The fraction of sp³-hybridized carbons (Fsp3) is 0.600. The molecule has 0 spiro atoms. The molecule has 2 saturated heterocycles. The standard InChI is InChI=1S/C15H20BrFN2/c1-19(9-13-14(16)3-2-4-15(13)17)12-7-10-5-6-11(8-12)18-10/h2-4,10-12,18H,5-9H2,1H3. The fourth-order valence-corrected chi connectivity index (χ4v) is 3.92. The smallest absolute Gasteiger partial charge is 0.128 e. The van der Waals surface area contributed by atoms with E-state index in [1.54, 1.807) is 12.1 Å². The van der Waals surface area contributed by atoms with E-state index in [0.717, 1.165) is 10.0 Å². The molecule has 0 radical (unpaired) electrons. The second-order valence-corrected chi connectivity index (χ2v) is 6.73. The van der Waals surface area contributed by atoms with Crippen LogP contribution >= 0.6 is 15.9 Å². The van der Waals surface area contributed by atoms with Gasteiger partial charge in [-0.2, -0.15) is 0 Å². The lowest BCUT2D eigenvalue weighted by atomic mass is 9.98. The maximum absolute atomic E-state index is 13.9. The molecule has 2 aliphatic heterocycles. The molecule has 1 aromatic carbocycles. The summed E-state index contributed by atoms with van der Waals surface area (Å²) in [6.07, 6.45) is 4.99. The Morgan fingerprint density at radius 3 is 2.63 bits per heavy atom. The highest BCUT2D eigenvalue weighted by Gasteiger charge is 2.35. The van der Waals surface area contributed by atoms with Crippen LogP contribution in [0.5, 0.6) is 0 Å². The number of piperidine rings is 1. The summed E-state index contributed by atoms with van der Waals surface area (Å²) < 4.78 is 14.7. The maximum Gasteiger partial charge on any atom is 0.128 e. The van der Waals surface area contributed by atoms with Crippen LogP contribution in [0.15, 0.2) is 22.7 Å². The van der Waals surface area contributed by atoms with Crippen molar-refractivity contribution in [2.24, 2.45) is 0 Å². The minimum atomic E-state index is -0.113. The topological polar surface area (TPSA) is 15.3 Å². The summed E-state index contributed by atoms with van der Waals surface area (Å²) >= 11 is 3.46. The van der Waals surface area contributed by atoms with E-state index in [4.69, 9.17) is 0 Å². The Morgan fingerprint density at radius 2 is 2.00 bits per heavy atom. The number of rotatable bonds is 3. The van der Waals surface area contributed by atoms with Gasteiger partial charge in [0.1, 0.15) is 5.82 Å². The molecule has 0 aliphatic carbocycles. The molecular formula is C15H20BrFN2. The number of fused-ring (bicyclic) bond motifs is 2. The number of nitrogens with one attached hydrogen (secondary N) is 1. The van der Waals surface area contributed by atoms with Gasteiger partial charge in [0.15, 0.2) is 0 Å². The first kappa shape index (κ1) is 13.5. The summed E-state index contributed by atoms with van der Waals surface area (Å²) in [5.74, 6) is -0.113. The third-order valence-electron chi connectivity index (χ3n) is 4.54. The van der Waals surface area contributed by atoms with E-state index in [0.29, 0.717) is 24.7 Å². The summed E-state index contributed by atoms with van der Waals surface area (Å²) in [6.45, 7) is 0.678. The molecule has 1 aromatic rings. The molecule has 0 saturated carbocycles. The van der Waals surface area contributed by atoms with Crippen LogP contribution in [-0.2, 0) is 6.54 Å². The zero-order chi connectivity index (χ0) is 13.4. The summed E-state index contributed by atoms with van der Waals surface area (Å²) in [5, 5.41) is 3.65. The first-order valence-corrected chi connectivity index (χ1v) is 7.82. The average molecular weight is 327 g/mol. The first-order chi connectivity index (χ1) is 9.13. The largest absolute Gasteiger partial charge is 0.311 e. The van der Waals surface area contributed by atoms with E-state index >= 15 is 0 Å². The normalized spacial score (nSPS) is 30.0. The van der Waals surface area contributed by atoms with Gasteiger partial charge in [-0.25, -0.2) is 4.39 Å². The summed E-state index contributed by atoms with van der Waals surface area (Å²) in [7, 11) is 2.12. The van der Waals surface area contributed by atoms with Crippen molar-refractivity contribution in [2.75, 3.05) is 7.05 Å². The van der Waals surface area contributed by atoms with Crippen molar-refractivity contribution >= 4 is 15.9 Å². The quantitative estimate of drug-likeness (QED) is 0.916. The SMILES string of the molecule is CN(Cc1c(F)cccc1Br)C1CC2CCC(C1)N2. The highest BCUT2D eigenvalue weighted by molar-refractivity contribution is 9.10. The Labute approximate surface area is 122 Å². The maximum atomic E-state index is 13.9. The van der Waals surface area contributed by atoms with Crippen LogP contribution in [-0.4, -0.2) is 30.1 Å². The molecule has 4 heteroatoms. The molecule has 2 heterocycles. The second kappa shape index (κ2) is 5.51. The van der Waals surface area contributed by atoms with Crippen molar-refractivity contribution in [1.82, 2.24) is 10.2 Å². The Morgan fingerprint density at radius 1 is 1.32 bits per heavy atom. The molecule has 2 fully saturated rings. The number of nitrogens with zero attached hydrogens (tertiary/aromatic N) is 1. The Hall–Kier alpha value is -0.450. The molecule has 0 amide bonds. The average Bonchev–Trinajstić information content (AvgIpc) is 2.72. The minimum absolute atomic E-state index is 0.113. The van der Waals surface area contributed by atoms with Gasteiger partial charge in [0.25, 0.3) is 0 Å². The number of hydrogen-bond donors (Lipinski definition) is 1. The Bertz CT molecular complexity index is 433. The van der Waals surface area contributed by atoms with Gasteiger partial charge in [0.05, 0.1) is 0 Å². The van der Waals surface area contributed by atoms with Crippen molar-refractivity contribution in [3.63, 3.8) is 0 Å². The van der Waals surface area contributed by atoms with Crippen molar-refractivity contribution in [3.05, 3.63) is 34.1 Å². The van der Waals surface area contributed by atoms with Crippen LogP contribution in [0.2, 0.25) is 0 Å². The predicted molar refractivity (Wildman–Crippen MR) is 78.5 cm³/mol.